The van der Waals surface area contributed by atoms with Gasteiger partial charge in [-0.05, 0) is 38.8 Å². The van der Waals surface area contributed by atoms with Gasteiger partial charge in [0.1, 0.15) is 10.7 Å². The minimum absolute atomic E-state index is 0.0746. The molecule has 8 nitrogen and oxygen atoms in total. The Morgan fingerprint density at radius 3 is 2.52 bits per heavy atom. The number of halogens is 1. The third-order valence-electron chi connectivity index (χ3n) is 4.79. The maximum Gasteiger partial charge on any atom is 0.344 e. The summed E-state index contributed by atoms with van der Waals surface area (Å²) in [5.74, 6) is -1.49. The van der Waals surface area contributed by atoms with Crippen LogP contribution in [0, 0.1) is 6.92 Å². The lowest BCUT2D eigenvalue weighted by Gasteiger charge is -2.15. The first-order chi connectivity index (χ1) is 13.9. The molecule has 9 heteroatoms. The van der Waals surface area contributed by atoms with E-state index in [1.54, 1.807) is 19.1 Å². The quantitative estimate of drug-likeness (QED) is 0.726. The lowest BCUT2D eigenvalue weighted by atomic mass is 10.2. The lowest BCUT2D eigenvalue weighted by Crippen LogP contribution is -2.47. The zero-order valence-corrected chi connectivity index (χ0v) is 17.0. The highest BCUT2D eigenvalue weighted by Gasteiger charge is 2.27. The van der Waals surface area contributed by atoms with Gasteiger partial charge in [-0.3, -0.25) is 10.1 Å². The summed E-state index contributed by atoms with van der Waals surface area (Å²) in [6, 6.07) is 8.58. The van der Waals surface area contributed by atoms with E-state index in [1.165, 1.54) is 11.6 Å². The van der Waals surface area contributed by atoms with Crippen molar-refractivity contribution >= 4 is 29.5 Å². The third kappa shape index (κ3) is 4.95. The zero-order chi connectivity index (χ0) is 21.0. The van der Waals surface area contributed by atoms with Crippen LogP contribution in [-0.4, -0.2) is 39.8 Å². The molecule has 0 radical (unpaired) electrons. The number of para-hydroxylation sites is 1. The zero-order valence-electron chi connectivity index (χ0n) is 16.3. The van der Waals surface area contributed by atoms with Crippen molar-refractivity contribution in [1.29, 1.82) is 0 Å². The van der Waals surface area contributed by atoms with Crippen LogP contribution in [0.2, 0.25) is 5.15 Å². The average Bonchev–Trinajstić information content (AvgIpc) is 3.29. The van der Waals surface area contributed by atoms with Gasteiger partial charge < -0.3 is 10.1 Å². The highest BCUT2D eigenvalue weighted by Crippen LogP contribution is 2.24. The first-order valence-corrected chi connectivity index (χ1v) is 9.87. The van der Waals surface area contributed by atoms with Crippen LogP contribution in [0.4, 0.5) is 4.79 Å². The van der Waals surface area contributed by atoms with Gasteiger partial charge in [-0.25, -0.2) is 14.3 Å². The van der Waals surface area contributed by atoms with E-state index in [0.29, 0.717) is 11.4 Å². The van der Waals surface area contributed by atoms with Gasteiger partial charge in [-0.2, -0.15) is 5.10 Å². The number of nitrogens with zero attached hydrogens (tertiary/aromatic N) is 2. The van der Waals surface area contributed by atoms with E-state index < -0.39 is 24.0 Å². The summed E-state index contributed by atoms with van der Waals surface area (Å²) >= 11 is 6.34. The molecule has 1 aliphatic rings. The SMILES string of the molecule is Cc1nn(-c2ccccc2)c(Cl)c1C(=O)O[C@@H](C)C(=O)NC(=O)NC1CCCC1. The van der Waals surface area contributed by atoms with Crippen molar-refractivity contribution in [3.05, 3.63) is 46.7 Å². The topological polar surface area (TPSA) is 102 Å². The molecule has 1 atom stereocenters. The van der Waals surface area contributed by atoms with E-state index in [9.17, 15) is 14.4 Å². The van der Waals surface area contributed by atoms with Crippen LogP contribution in [-0.2, 0) is 9.53 Å². The van der Waals surface area contributed by atoms with Gasteiger partial charge in [0.2, 0.25) is 0 Å². The number of hydrogen-bond acceptors (Lipinski definition) is 5. The first kappa shape index (κ1) is 20.9. The molecule has 154 valence electrons. The highest BCUT2D eigenvalue weighted by atomic mass is 35.5. The fourth-order valence-corrected chi connectivity index (χ4v) is 3.60. The molecule has 3 rings (SSSR count). The summed E-state index contributed by atoms with van der Waals surface area (Å²) in [5.41, 5.74) is 1.13. The number of benzene rings is 1. The number of aromatic nitrogens is 2. The number of amides is 3. The Labute approximate surface area is 173 Å². The van der Waals surface area contributed by atoms with Gasteiger partial charge >= 0.3 is 12.0 Å². The molecular weight excluding hydrogens is 396 g/mol. The molecule has 29 heavy (non-hydrogen) atoms. The van der Waals surface area contributed by atoms with Gasteiger partial charge in [0, 0.05) is 6.04 Å². The number of urea groups is 1. The predicted molar refractivity (Wildman–Crippen MR) is 107 cm³/mol. The van der Waals surface area contributed by atoms with Crippen molar-refractivity contribution in [2.75, 3.05) is 0 Å². The summed E-state index contributed by atoms with van der Waals surface area (Å²) in [6.07, 6.45) is 2.74. The van der Waals surface area contributed by atoms with Gasteiger partial charge in [0.05, 0.1) is 11.4 Å². The Kier molecular flexibility index (Phi) is 6.53. The van der Waals surface area contributed by atoms with Crippen LogP contribution in [0.1, 0.15) is 48.7 Å². The first-order valence-electron chi connectivity index (χ1n) is 9.49. The van der Waals surface area contributed by atoms with E-state index in [2.05, 4.69) is 15.7 Å². The predicted octanol–water partition coefficient (Wildman–Crippen LogP) is 3.15. The van der Waals surface area contributed by atoms with Crippen LogP contribution in [0.3, 0.4) is 0 Å². The summed E-state index contributed by atoms with van der Waals surface area (Å²) < 4.78 is 6.64. The number of rotatable bonds is 5. The summed E-state index contributed by atoms with van der Waals surface area (Å²) in [4.78, 5) is 36.7. The molecule has 0 spiro atoms. The van der Waals surface area contributed by atoms with E-state index in [0.717, 1.165) is 25.7 Å². The van der Waals surface area contributed by atoms with Crippen molar-refractivity contribution < 1.29 is 19.1 Å². The van der Waals surface area contributed by atoms with E-state index in [1.807, 2.05) is 18.2 Å². The summed E-state index contributed by atoms with van der Waals surface area (Å²) in [5, 5.41) is 9.31. The molecule has 3 amide bonds. The normalized spacial score (nSPS) is 15.0. The van der Waals surface area contributed by atoms with Crippen LogP contribution in [0.25, 0.3) is 5.69 Å². The Morgan fingerprint density at radius 2 is 1.86 bits per heavy atom. The Morgan fingerprint density at radius 1 is 1.21 bits per heavy atom. The highest BCUT2D eigenvalue weighted by molar-refractivity contribution is 6.33. The molecule has 2 aromatic rings. The lowest BCUT2D eigenvalue weighted by molar-refractivity contribution is -0.127. The molecule has 0 bridgehead atoms. The Hall–Kier alpha value is -2.87. The molecule has 2 N–H and O–H groups in total. The molecule has 0 aliphatic heterocycles. The third-order valence-corrected chi connectivity index (χ3v) is 5.14. The number of aryl methyl sites for hydroxylation is 1. The fraction of sp³-hybridized carbons (Fsp3) is 0.400. The molecule has 1 fully saturated rings. The maximum absolute atomic E-state index is 12.6. The molecular formula is C20H23ClN4O4. The number of carbonyl (C=O) groups is 3. The van der Waals surface area contributed by atoms with Crippen molar-refractivity contribution in [1.82, 2.24) is 20.4 Å². The Bertz CT molecular complexity index is 907. The number of nitrogens with one attached hydrogen (secondary N) is 2. The number of hydrogen-bond donors (Lipinski definition) is 2. The molecule has 0 unspecified atom stereocenters. The van der Waals surface area contributed by atoms with Crippen molar-refractivity contribution in [3.8, 4) is 5.69 Å². The maximum atomic E-state index is 12.6. The van der Waals surface area contributed by atoms with Crippen LogP contribution >= 0.6 is 11.6 Å². The Balaban J connectivity index is 1.62. The largest absolute Gasteiger partial charge is 0.449 e. The van der Waals surface area contributed by atoms with Crippen LogP contribution < -0.4 is 10.6 Å². The van der Waals surface area contributed by atoms with Gasteiger partial charge in [-0.15, -0.1) is 0 Å². The van der Waals surface area contributed by atoms with E-state index in [-0.39, 0.29) is 16.8 Å². The van der Waals surface area contributed by atoms with E-state index >= 15 is 0 Å². The van der Waals surface area contributed by atoms with Crippen molar-refractivity contribution in [2.24, 2.45) is 0 Å². The molecule has 1 saturated carbocycles. The molecule has 1 aliphatic carbocycles. The smallest absolute Gasteiger partial charge is 0.344 e. The second-order valence-electron chi connectivity index (χ2n) is 6.99. The standard InChI is InChI=1S/C20H23ClN4O4/c1-12-16(17(21)25(24-12)15-10-4-3-5-11-15)19(27)29-13(2)18(26)23-20(28)22-14-8-6-7-9-14/h3-5,10-11,13-14H,6-9H2,1-2H3,(H2,22,23,26,28)/t13-/m0/s1. The minimum atomic E-state index is -1.17. The number of ether oxygens (including phenoxy) is 1. The minimum Gasteiger partial charge on any atom is -0.449 e. The number of imide groups is 1. The molecule has 1 aromatic carbocycles. The monoisotopic (exact) mass is 418 g/mol. The van der Waals surface area contributed by atoms with Crippen molar-refractivity contribution in [2.45, 2.75) is 51.7 Å². The number of carbonyl (C=O) groups excluding carboxylic acids is 3. The fourth-order valence-electron chi connectivity index (χ4n) is 3.25. The van der Waals surface area contributed by atoms with Gasteiger partial charge in [-0.1, -0.05) is 42.6 Å². The van der Waals surface area contributed by atoms with Gasteiger partial charge in [0.15, 0.2) is 6.10 Å². The second kappa shape index (κ2) is 9.09. The molecule has 0 saturated heterocycles. The number of esters is 1. The molecule has 1 aromatic heterocycles. The second-order valence-corrected chi connectivity index (χ2v) is 7.35. The van der Waals surface area contributed by atoms with Crippen LogP contribution in [0.15, 0.2) is 30.3 Å². The van der Waals surface area contributed by atoms with Crippen molar-refractivity contribution in [3.63, 3.8) is 0 Å². The summed E-state index contributed by atoms with van der Waals surface area (Å²) in [6.45, 7) is 3.02. The van der Waals surface area contributed by atoms with Gasteiger partial charge in [0.25, 0.3) is 5.91 Å². The summed E-state index contributed by atoms with van der Waals surface area (Å²) in [7, 11) is 0. The van der Waals surface area contributed by atoms with Crippen LogP contribution in [0.5, 0.6) is 0 Å². The molecule has 1 heterocycles. The van der Waals surface area contributed by atoms with E-state index in [4.69, 9.17) is 16.3 Å². The average molecular weight is 419 g/mol.